The van der Waals surface area contributed by atoms with Gasteiger partial charge in [0.1, 0.15) is 0 Å². The molecule has 1 aliphatic rings. The van der Waals surface area contributed by atoms with Crippen LogP contribution in [0.3, 0.4) is 0 Å². The molecule has 0 atom stereocenters. The highest BCUT2D eigenvalue weighted by molar-refractivity contribution is 5.91. The molecule has 0 aromatic heterocycles. The van der Waals surface area contributed by atoms with Gasteiger partial charge in [-0.15, -0.1) is 0 Å². The molecule has 0 aliphatic heterocycles. The van der Waals surface area contributed by atoms with Crippen LogP contribution in [0.5, 0.6) is 0 Å². The number of carbonyl (C=O) groups is 2. The number of rotatable bonds is 4. The Bertz CT molecular complexity index is 508. The predicted molar refractivity (Wildman–Crippen MR) is 76.6 cm³/mol. The van der Waals surface area contributed by atoms with Crippen LogP contribution in [0.2, 0.25) is 0 Å². The zero-order valence-corrected chi connectivity index (χ0v) is 12.1. The molecule has 0 spiro atoms. The van der Waals surface area contributed by atoms with Crippen molar-refractivity contribution in [2.24, 2.45) is 0 Å². The van der Waals surface area contributed by atoms with E-state index in [4.69, 9.17) is 4.74 Å². The lowest BCUT2D eigenvalue weighted by Crippen LogP contribution is -2.34. The Morgan fingerprint density at radius 3 is 2.60 bits per heavy atom. The average molecular weight is 275 g/mol. The average Bonchev–Trinajstić information content (AvgIpc) is 2.43. The summed E-state index contributed by atoms with van der Waals surface area (Å²) in [6, 6.07) is 5.73. The summed E-state index contributed by atoms with van der Waals surface area (Å²) >= 11 is 0. The van der Waals surface area contributed by atoms with Crippen LogP contribution in [0.1, 0.15) is 48.2 Å². The highest BCUT2D eigenvalue weighted by Gasteiger charge is 2.14. The van der Waals surface area contributed by atoms with Crippen molar-refractivity contribution in [2.45, 2.75) is 45.6 Å². The summed E-state index contributed by atoms with van der Waals surface area (Å²) in [7, 11) is 0. The second-order valence-corrected chi connectivity index (χ2v) is 5.49. The first-order valence-electron chi connectivity index (χ1n) is 7.14. The quantitative estimate of drug-likeness (QED) is 0.857. The van der Waals surface area contributed by atoms with Crippen LogP contribution in [0, 0.1) is 0 Å². The number of ether oxygens (including phenoxy) is 1. The molecular weight excluding hydrogens is 254 g/mol. The Morgan fingerprint density at radius 1 is 1.20 bits per heavy atom. The van der Waals surface area contributed by atoms with Gasteiger partial charge in [0.15, 0.2) is 6.61 Å². The van der Waals surface area contributed by atoms with E-state index in [9.17, 15) is 9.59 Å². The molecule has 0 saturated heterocycles. The van der Waals surface area contributed by atoms with E-state index < -0.39 is 5.97 Å². The Balaban J connectivity index is 1.94. The van der Waals surface area contributed by atoms with E-state index in [1.54, 1.807) is 6.07 Å². The molecule has 1 aliphatic carbocycles. The first kappa shape index (κ1) is 14.6. The molecule has 108 valence electrons. The minimum absolute atomic E-state index is 0.0462. The van der Waals surface area contributed by atoms with Gasteiger partial charge < -0.3 is 10.1 Å². The van der Waals surface area contributed by atoms with Crippen LogP contribution in [0.25, 0.3) is 0 Å². The molecule has 0 bridgehead atoms. The molecule has 0 radical (unpaired) electrons. The molecule has 0 fully saturated rings. The number of nitrogens with one attached hydrogen (secondary N) is 1. The van der Waals surface area contributed by atoms with Crippen LogP contribution in [-0.2, 0) is 22.4 Å². The number of hydrogen-bond donors (Lipinski definition) is 1. The smallest absolute Gasteiger partial charge is 0.338 e. The predicted octanol–water partition coefficient (Wildman–Crippen LogP) is 2.25. The number of benzene rings is 1. The van der Waals surface area contributed by atoms with Crippen molar-refractivity contribution in [2.75, 3.05) is 6.61 Å². The van der Waals surface area contributed by atoms with Gasteiger partial charge in [0.25, 0.3) is 5.91 Å². The van der Waals surface area contributed by atoms with Crippen LogP contribution < -0.4 is 5.32 Å². The van der Waals surface area contributed by atoms with Crippen molar-refractivity contribution in [3.8, 4) is 0 Å². The normalized spacial score (nSPS) is 13.8. The Labute approximate surface area is 119 Å². The fraction of sp³-hybridized carbons (Fsp3) is 0.500. The lowest BCUT2D eigenvalue weighted by molar-refractivity contribution is -0.124. The van der Waals surface area contributed by atoms with E-state index >= 15 is 0 Å². The summed E-state index contributed by atoms with van der Waals surface area (Å²) in [5.41, 5.74) is 3.09. The fourth-order valence-corrected chi connectivity index (χ4v) is 2.44. The summed E-state index contributed by atoms with van der Waals surface area (Å²) in [6.45, 7) is 3.50. The van der Waals surface area contributed by atoms with Gasteiger partial charge in [0.05, 0.1) is 5.56 Å². The van der Waals surface area contributed by atoms with Crippen LogP contribution >= 0.6 is 0 Å². The summed E-state index contributed by atoms with van der Waals surface area (Å²) in [5, 5.41) is 2.68. The fourth-order valence-electron chi connectivity index (χ4n) is 2.44. The second kappa shape index (κ2) is 6.55. The molecule has 0 saturated carbocycles. The van der Waals surface area contributed by atoms with Gasteiger partial charge in [-0.25, -0.2) is 4.79 Å². The van der Waals surface area contributed by atoms with Gasteiger partial charge in [-0.05, 0) is 62.8 Å². The SMILES string of the molecule is CC(C)NC(=O)COC(=O)c1ccc2c(c1)CCCC2. The van der Waals surface area contributed by atoms with Crippen molar-refractivity contribution in [1.82, 2.24) is 5.32 Å². The van der Waals surface area contributed by atoms with Gasteiger partial charge >= 0.3 is 5.97 Å². The van der Waals surface area contributed by atoms with Crippen molar-refractivity contribution in [3.63, 3.8) is 0 Å². The van der Waals surface area contributed by atoms with Gasteiger partial charge in [0.2, 0.25) is 0 Å². The van der Waals surface area contributed by atoms with Crippen LogP contribution in [0.4, 0.5) is 0 Å². The standard InChI is InChI=1S/C16H21NO3/c1-11(2)17-15(18)10-20-16(19)14-8-7-12-5-3-4-6-13(12)9-14/h7-9,11H,3-6,10H2,1-2H3,(H,17,18). The molecule has 1 aromatic carbocycles. The number of hydrogen-bond acceptors (Lipinski definition) is 3. The molecule has 4 nitrogen and oxygen atoms in total. The summed E-state index contributed by atoms with van der Waals surface area (Å²) in [4.78, 5) is 23.4. The topological polar surface area (TPSA) is 55.4 Å². The zero-order valence-electron chi connectivity index (χ0n) is 12.1. The monoisotopic (exact) mass is 275 g/mol. The van der Waals surface area contributed by atoms with E-state index in [1.165, 1.54) is 24.0 Å². The van der Waals surface area contributed by atoms with Crippen molar-refractivity contribution >= 4 is 11.9 Å². The van der Waals surface area contributed by atoms with Gasteiger partial charge in [-0.1, -0.05) is 6.07 Å². The highest BCUT2D eigenvalue weighted by atomic mass is 16.5. The molecular formula is C16H21NO3. The number of fused-ring (bicyclic) bond motifs is 1. The van der Waals surface area contributed by atoms with Crippen molar-refractivity contribution in [3.05, 3.63) is 34.9 Å². The molecule has 1 aromatic rings. The number of esters is 1. The maximum atomic E-state index is 11.9. The maximum absolute atomic E-state index is 11.9. The maximum Gasteiger partial charge on any atom is 0.338 e. The third-order valence-corrected chi connectivity index (χ3v) is 3.37. The zero-order chi connectivity index (χ0) is 14.5. The molecule has 0 unspecified atom stereocenters. The molecule has 4 heteroatoms. The lowest BCUT2D eigenvalue weighted by atomic mass is 9.90. The van der Waals surface area contributed by atoms with Crippen LogP contribution in [0.15, 0.2) is 18.2 Å². The van der Waals surface area contributed by atoms with Gasteiger partial charge in [-0.2, -0.15) is 0 Å². The third-order valence-electron chi connectivity index (χ3n) is 3.37. The molecule has 0 heterocycles. The number of aryl methyl sites for hydroxylation is 2. The molecule has 2 rings (SSSR count). The van der Waals surface area contributed by atoms with Gasteiger partial charge in [-0.3, -0.25) is 4.79 Å². The van der Waals surface area contributed by atoms with E-state index in [0.29, 0.717) is 5.56 Å². The van der Waals surface area contributed by atoms with Crippen molar-refractivity contribution in [1.29, 1.82) is 0 Å². The Kier molecular flexibility index (Phi) is 4.77. The van der Waals surface area contributed by atoms with E-state index in [2.05, 4.69) is 5.32 Å². The van der Waals surface area contributed by atoms with Crippen molar-refractivity contribution < 1.29 is 14.3 Å². The van der Waals surface area contributed by atoms with E-state index in [0.717, 1.165) is 12.8 Å². The van der Waals surface area contributed by atoms with E-state index in [1.807, 2.05) is 26.0 Å². The summed E-state index contributed by atoms with van der Waals surface area (Å²) in [6.07, 6.45) is 4.49. The van der Waals surface area contributed by atoms with Gasteiger partial charge in [0, 0.05) is 6.04 Å². The second-order valence-electron chi connectivity index (χ2n) is 5.49. The Morgan fingerprint density at radius 2 is 1.90 bits per heavy atom. The Hall–Kier alpha value is -1.84. The highest BCUT2D eigenvalue weighted by Crippen LogP contribution is 2.22. The summed E-state index contributed by atoms with van der Waals surface area (Å²) in [5.74, 6) is -0.705. The minimum atomic E-state index is -0.433. The first-order valence-corrected chi connectivity index (χ1v) is 7.14. The first-order chi connectivity index (χ1) is 9.56. The number of carbonyl (C=O) groups excluding carboxylic acids is 2. The largest absolute Gasteiger partial charge is 0.452 e. The van der Waals surface area contributed by atoms with Crippen LogP contribution in [-0.4, -0.2) is 24.5 Å². The third kappa shape index (κ3) is 3.83. The molecule has 20 heavy (non-hydrogen) atoms. The molecule has 1 N–H and O–H groups in total. The molecule has 1 amide bonds. The summed E-state index contributed by atoms with van der Waals surface area (Å²) < 4.78 is 5.03. The minimum Gasteiger partial charge on any atom is -0.452 e. The van der Waals surface area contributed by atoms with E-state index in [-0.39, 0.29) is 18.6 Å². The lowest BCUT2D eigenvalue weighted by Gasteiger charge is -2.16. The number of amides is 1.